The highest BCUT2D eigenvalue weighted by Crippen LogP contribution is 2.33. The van der Waals surface area contributed by atoms with Crippen LogP contribution in [0, 0.1) is 0 Å². The summed E-state index contributed by atoms with van der Waals surface area (Å²) in [6.45, 7) is 0.352. The lowest BCUT2D eigenvalue weighted by Gasteiger charge is -2.16. The van der Waals surface area contributed by atoms with Crippen LogP contribution < -0.4 is 5.32 Å². The van der Waals surface area contributed by atoms with Crippen LogP contribution in [-0.4, -0.2) is 33.6 Å². The van der Waals surface area contributed by atoms with Crippen LogP contribution in [0.5, 0.6) is 0 Å². The number of amides is 2. The number of hydrogen-bond donors (Lipinski definition) is 1. The molecule has 1 aliphatic carbocycles. The Hall–Kier alpha value is -1.18. The zero-order valence-electron chi connectivity index (χ0n) is 12.6. The van der Waals surface area contributed by atoms with Gasteiger partial charge in [-0.3, -0.25) is 14.5 Å². The maximum absolute atomic E-state index is 12.4. The van der Waals surface area contributed by atoms with E-state index in [-0.39, 0.29) is 11.8 Å². The third-order valence-corrected chi connectivity index (χ3v) is 6.17. The van der Waals surface area contributed by atoms with Crippen LogP contribution in [0.25, 0.3) is 6.08 Å². The van der Waals surface area contributed by atoms with Gasteiger partial charge >= 0.3 is 0 Å². The number of carbonyl (C=O) groups is 2. The van der Waals surface area contributed by atoms with Gasteiger partial charge in [0.2, 0.25) is 5.91 Å². The number of nitrogens with one attached hydrogen (secondary N) is 1. The summed E-state index contributed by atoms with van der Waals surface area (Å²) in [6, 6.07) is 4.23. The van der Waals surface area contributed by atoms with Crippen molar-refractivity contribution in [3.63, 3.8) is 0 Å². The molecule has 0 spiro atoms. The first kappa shape index (κ1) is 16.7. The first-order chi connectivity index (χ1) is 11.1. The molecule has 1 aromatic rings. The van der Waals surface area contributed by atoms with Gasteiger partial charge in [0.15, 0.2) is 0 Å². The first-order valence-electron chi connectivity index (χ1n) is 7.72. The fourth-order valence-corrected chi connectivity index (χ4v) is 4.81. The molecule has 0 radical (unpaired) electrons. The van der Waals surface area contributed by atoms with Crippen LogP contribution in [0.2, 0.25) is 0 Å². The second-order valence-electron chi connectivity index (χ2n) is 5.65. The van der Waals surface area contributed by atoms with Crippen molar-refractivity contribution in [3.05, 3.63) is 27.3 Å². The number of carbonyl (C=O) groups excluding carboxylic acids is 2. The molecule has 0 bridgehead atoms. The normalized spacial score (nSPS) is 20.7. The fraction of sp³-hybridized carbons (Fsp3) is 0.438. The zero-order chi connectivity index (χ0) is 16.2. The second kappa shape index (κ2) is 7.59. The summed E-state index contributed by atoms with van der Waals surface area (Å²) in [5.74, 6) is -0.0877. The molecule has 0 aromatic carbocycles. The summed E-state index contributed by atoms with van der Waals surface area (Å²) in [5, 5.41) is 5.01. The Morgan fingerprint density at radius 3 is 2.91 bits per heavy atom. The summed E-state index contributed by atoms with van der Waals surface area (Å²) in [6.07, 6.45) is 6.67. The maximum atomic E-state index is 12.4. The quantitative estimate of drug-likeness (QED) is 0.641. The van der Waals surface area contributed by atoms with Gasteiger partial charge in [0, 0.05) is 23.9 Å². The van der Waals surface area contributed by atoms with Crippen LogP contribution in [0.3, 0.4) is 0 Å². The summed E-state index contributed by atoms with van der Waals surface area (Å²) in [7, 11) is 0. The zero-order valence-corrected chi connectivity index (χ0v) is 15.1. The standard InChI is InChI=1S/C16H18N2O2S3/c19-14(17-11-4-1-2-5-11)7-8-18-15(20)13(23-16(18)21)10-12-6-3-9-22-12/h3,6,9-11H,1-2,4-5,7-8H2,(H,17,19). The molecule has 1 aliphatic heterocycles. The van der Waals surface area contributed by atoms with Gasteiger partial charge in [-0.05, 0) is 30.4 Å². The van der Waals surface area contributed by atoms with Crippen LogP contribution in [0.1, 0.15) is 37.0 Å². The van der Waals surface area contributed by atoms with Crippen LogP contribution in [-0.2, 0) is 9.59 Å². The highest BCUT2D eigenvalue weighted by atomic mass is 32.2. The minimum Gasteiger partial charge on any atom is -0.353 e. The molecule has 1 aromatic heterocycles. The van der Waals surface area contributed by atoms with Gasteiger partial charge in [-0.2, -0.15) is 0 Å². The van der Waals surface area contributed by atoms with Gasteiger partial charge in [-0.15, -0.1) is 11.3 Å². The van der Waals surface area contributed by atoms with E-state index in [1.807, 2.05) is 23.6 Å². The van der Waals surface area contributed by atoms with E-state index in [0.29, 0.717) is 28.2 Å². The largest absolute Gasteiger partial charge is 0.353 e. The van der Waals surface area contributed by atoms with Crippen molar-refractivity contribution in [3.8, 4) is 0 Å². The van der Waals surface area contributed by atoms with Gasteiger partial charge < -0.3 is 5.32 Å². The molecule has 4 nitrogen and oxygen atoms in total. The predicted molar refractivity (Wildman–Crippen MR) is 99.2 cm³/mol. The summed E-state index contributed by atoms with van der Waals surface area (Å²) in [4.78, 5) is 27.6. The van der Waals surface area contributed by atoms with Crippen molar-refractivity contribution in [2.75, 3.05) is 6.54 Å². The van der Waals surface area contributed by atoms with E-state index in [2.05, 4.69) is 5.32 Å². The summed E-state index contributed by atoms with van der Waals surface area (Å²) < 4.78 is 0.534. The number of nitrogens with zero attached hydrogens (tertiary/aromatic N) is 1. The molecule has 1 saturated carbocycles. The van der Waals surface area contributed by atoms with Crippen molar-refractivity contribution >= 4 is 57.5 Å². The molecule has 0 atom stereocenters. The Balaban J connectivity index is 1.54. The Morgan fingerprint density at radius 2 is 2.22 bits per heavy atom. The molecule has 1 N–H and O–H groups in total. The van der Waals surface area contributed by atoms with Gasteiger partial charge in [-0.1, -0.05) is 42.9 Å². The van der Waals surface area contributed by atoms with E-state index in [1.165, 1.54) is 29.5 Å². The topological polar surface area (TPSA) is 49.4 Å². The molecule has 2 amide bonds. The molecule has 1 saturated heterocycles. The number of rotatable bonds is 5. The van der Waals surface area contributed by atoms with E-state index >= 15 is 0 Å². The summed E-state index contributed by atoms with van der Waals surface area (Å²) in [5.41, 5.74) is 0. The number of hydrogen-bond acceptors (Lipinski definition) is 5. The molecule has 2 fully saturated rings. The lowest BCUT2D eigenvalue weighted by atomic mass is 10.2. The molecular weight excluding hydrogens is 348 g/mol. The number of thiocarbonyl (C=S) groups is 1. The van der Waals surface area contributed by atoms with E-state index in [1.54, 1.807) is 11.3 Å². The minimum atomic E-state index is -0.0953. The van der Waals surface area contributed by atoms with Gasteiger partial charge in [0.05, 0.1) is 4.91 Å². The average molecular weight is 367 g/mol. The van der Waals surface area contributed by atoms with Crippen LogP contribution in [0.4, 0.5) is 0 Å². The van der Waals surface area contributed by atoms with E-state index in [9.17, 15) is 9.59 Å². The molecule has 122 valence electrons. The maximum Gasteiger partial charge on any atom is 0.266 e. The lowest BCUT2D eigenvalue weighted by Crippen LogP contribution is -2.37. The van der Waals surface area contributed by atoms with Crippen molar-refractivity contribution in [1.29, 1.82) is 0 Å². The predicted octanol–water partition coefficient (Wildman–Crippen LogP) is 3.40. The monoisotopic (exact) mass is 366 g/mol. The molecular formula is C16H18N2O2S3. The van der Waals surface area contributed by atoms with Crippen molar-refractivity contribution in [2.45, 2.75) is 38.1 Å². The SMILES string of the molecule is O=C(CCN1C(=O)C(=Cc2cccs2)SC1=S)NC1CCCC1. The van der Waals surface area contributed by atoms with Gasteiger partial charge in [0.1, 0.15) is 4.32 Å². The van der Waals surface area contributed by atoms with E-state index in [4.69, 9.17) is 12.2 Å². The second-order valence-corrected chi connectivity index (χ2v) is 8.30. The third-order valence-electron chi connectivity index (χ3n) is 3.97. The van der Waals surface area contributed by atoms with E-state index < -0.39 is 0 Å². The smallest absolute Gasteiger partial charge is 0.266 e. The summed E-state index contributed by atoms with van der Waals surface area (Å²) >= 11 is 8.18. The van der Waals surface area contributed by atoms with Gasteiger partial charge in [-0.25, -0.2) is 0 Å². The Bertz CT molecular complexity index is 634. The number of thiophene rings is 1. The van der Waals surface area contributed by atoms with Crippen molar-refractivity contribution in [1.82, 2.24) is 10.2 Å². The molecule has 0 unspecified atom stereocenters. The molecule has 3 rings (SSSR count). The molecule has 2 heterocycles. The highest BCUT2D eigenvalue weighted by Gasteiger charge is 2.32. The molecule has 23 heavy (non-hydrogen) atoms. The minimum absolute atomic E-state index is 0.00758. The van der Waals surface area contributed by atoms with Crippen LogP contribution in [0.15, 0.2) is 22.4 Å². The lowest BCUT2D eigenvalue weighted by molar-refractivity contribution is -0.124. The highest BCUT2D eigenvalue weighted by molar-refractivity contribution is 8.26. The number of thioether (sulfide) groups is 1. The molecule has 2 aliphatic rings. The van der Waals surface area contributed by atoms with Gasteiger partial charge in [0.25, 0.3) is 5.91 Å². The van der Waals surface area contributed by atoms with E-state index in [0.717, 1.165) is 17.7 Å². The Morgan fingerprint density at radius 1 is 1.43 bits per heavy atom. The first-order valence-corrected chi connectivity index (χ1v) is 9.82. The van der Waals surface area contributed by atoms with Crippen molar-refractivity contribution < 1.29 is 9.59 Å². The Kier molecular flexibility index (Phi) is 5.50. The molecule has 7 heteroatoms. The average Bonchev–Trinajstić information content (AvgIpc) is 3.23. The fourth-order valence-electron chi connectivity index (χ4n) is 2.78. The van der Waals surface area contributed by atoms with Crippen LogP contribution >= 0.6 is 35.3 Å². The van der Waals surface area contributed by atoms with Crippen molar-refractivity contribution in [2.24, 2.45) is 0 Å². The third kappa shape index (κ3) is 4.22. The Labute approximate surface area is 149 Å².